The van der Waals surface area contributed by atoms with Crippen LogP contribution >= 0.6 is 0 Å². The van der Waals surface area contributed by atoms with E-state index in [9.17, 15) is 13.2 Å². The minimum Gasteiger partial charge on any atom is -0.315 e. The third-order valence-corrected chi connectivity index (χ3v) is 5.19. The van der Waals surface area contributed by atoms with E-state index in [0.29, 0.717) is 17.8 Å². The fourth-order valence-corrected chi connectivity index (χ4v) is 3.87. The van der Waals surface area contributed by atoms with E-state index in [4.69, 9.17) is 5.26 Å². The van der Waals surface area contributed by atoms with Crippen molar-refractivity contribution in [2.75, 3.05) is 17.1 Å². The molecule has 0 fully saturated rings. The lowest BCUT2D eigenvalue weighted by molar-refractivity contribution is 0.0971. The van der Waals surface area contributed by atoms with Gasteiger partial charge in [0, 0.05) is 24.5 Å². The summed E-state index contributed by atoms with van der Waals surface area (Å²) in [5, 5.41) is 8.95. The van der Waals surface area contributed by atoms with Crippen molar-refractivity contribution >= 4 is 21.5 Å². The van der Waals surface area contributed by atoms with Crippen molar-refractivity contribution in [3.8, 4) is 6.07 Å². The lowest BCUT2D eigenvalue weighted by Crippen LogP contribution is -2.34. The molecular weight excluding hydrogens is 328 g/mol. The maximum Gasteiger partial charge on any atom is 0.232 e. The number of imidazole rings is 1. The largest absolute Gasteiger partial charge is 0.315 e. The number of carbonyl (C=O) groups excluding carboxylic acids is 1. The molecule has 1 aromatic carbocycles. The van der Waals surface area contributed by atoms with Crippen molar-refractivity contribution in [2.24, 2.45) is 0 Å². The summed E-state index contributed by atoms with van der Waals surface area (Å²) in [6.07, 6.45) is 5.70. The predicted molar refractivity (Wildman–Crippen MR) is 88.2 cm³/mol. The molecule has 24 heavy (non-hydrogen) atoms. The topological polar surface area (TPSA) is 96.1 Å². The number of benzene rings is 1. The quantitative estimate of drug-likeness (QED) is 0.780. The van der Waals surface area contributed by atoms with Gasteiger partial charge in [0.05, 0.1) is 18.5 Å². The molecule has 0 N–H and O–H groups in total. The summed E-state index contributed by atoms with van der Waals surface area (Å²) in [6, 6.07) is 6.99. The molecule has 0 amide bonds. The third kappa shape index (κ3) is 3.03. The van der Waals surface area contributed by atoms with E-state index in [1.165, 1.54) is 21.3 Å². The van der Waals surface area contributed by atoms with Crippen LogP contribution in [0.15, 0.2) is 30.6 Å². The molecule has 7 nitrogen and oxygen atoms in total. The fourth-order valence-electron chi connectivity index (χ4n) is 2.88. The van der Waals surface area contributed by atoms with Crippen LogP contribution in [0.2, 0.25) is 0 Å². The van der Waals surface area contributed by atoms with Crippen molar-refractivity contribution in [1.29, 1.82) is 5.26 Å². The molecule has 0 spiro atoms. The minimum atomic E-state index is -3.32. The van der Waals surface area contributed by atoms with Crippen LogP contribution in [0.3, 0.4) is 0 Å². The Labute approximate surface area is 140 Å². The van der Waals surface area contributed by atoms with E-state index >= 15 is 0 Å². The number of aromatic nitrogens is 2. The molecule has 124 valence electrons. The molecule has 0 saturated carbocycles. The number of rotatable bonds is 4. The number of Topliss-reactive ketones (excluding diaryl/α,β-unsaturated/α-hetero) is 1. The second-order valence-electron chi connectivity index (χ2n) is 5.70. The van der Waals surface area contributed by atoms with E-state index in [1.807, 2.05) is 6.07 Å². The molecular formula is C16H16N4O3S. The Hall–Kier alpha value is -2.66. The van der Waals surface area contributed by atoms with Crippen LogP contribution in [0.5, 0.6) is 0 Å². The monoisotopic (exact) mass is 344 g/mol. The van der Waals surface area contributed by atoms with Crippen molar-refractivity contribution in [3.63, 3.8) is 0 Å². The average molecular weight is 344 g/mol. The van der Waals surface area contributed by atoms with Crippen LogP contribution < -0.4 is 4.31 Å². The van der Waals surface area contributed by atoms with Gasteiger partial charge in [-0.2, -0.15) is 5.26 Å². The van der Waals surface area contributed by atoms with Crippen LogP contribution in [0.25, 0.3) is 0 Å². The second-order valence-corrected chi connectivity index (χ2v) is 7.60. The van der Waals surface area contributed by atoms with Gasteiger partial charge in [0.25, 0.3) is 0 Å². The summed E-state index contributed by atoms with van der Waals surface area (Å²) in [6.45, 7) is 0.483. The molecule has 2 aromatic rings. The molecule has 2 heterocycles. The number of carbonyl (C=O) groups is 1. The standard InChI is InChI=1S/C16H16N4O3S/c1-24(22,23)20-7-2-3-12-9-13(4-5-14(12)20)15(21)11-19-8-6-18-16(19)10-17/h4-6,8-9H,2-3,7,11H2,1H3. The molecule has 1 aromatic heterocycles. The molecule has 0 radical (unpaired) electrons. The Bertz CT molecular complexity index is 940. The Morgan fingerprint density at radius 1 is 1.42 bits per heavy atom. The van der Waals surface area contributed by atoms with E-state index in [1.54, 1.807) is 24.4 Å². The highest BCUT2D eigenvalue weighted by Gasteiger charge is 2.24. The Kier molecular flexibility index (Phi) is 4.11. The molecule has 0 atom stereocenters. The zero-order chi connectivity index (χ0) is 17.3. The SMILES string of the molecule is CS(=O)(=O)N1CCCc2cc(C(=O)Cn3ccnc3C#N)ccc21. The van der Waals surface area contributed by atoms with Crippen molar-refractivity contribution < 1.29 is 13.2 Å². The van der Waals surface area contributed by atoms with Crippen LogP contribution in [-0.2, 0) is 23.0 Å². The van der Waals surface area contributed by atoms with Gasteiger partial charge in [0.1, 0.15) is 6.07 Å². The average Bonchev–Trinajstić information content (AvgIpc) is 3.00. The molecule has 3 rings (SSSR count). The molecule has 1 aliphatic rings. The first-order valence-corrected chi connectivity index (χ1v) is 9.30. The Balaban J connectivity index is 1.89. The normalized spacial score (nSPS) is 14.1. The van der Waals surface area contributed by atoms with Gasteiger partial charge in [-0.15, -0.1) is 0 Å². The van der Waals surface area contributed by atoms with Gasteiger partial charge in [-0.05, 0) is 36.6 Å². The fraction of sp³-hybridized carbons (Fsp3) is 0.312. The number of fused-ring (bicyclic) bond motifs is 1. The lowest BCUT2D eigenvalue weighted by atomic mass is 9.99. The number of hydrogen-bond donors (Lipinski definition) is 0. The van der Waals surface area contributed by atoms with Gasteiger partial charge in [0.2, 0.25) is 15.8 Å². The Morgan fingerprint density at radius 2 is 2.21 bits per heavy atom. The number of anilines is 1. The van der Waals surface area contributed by atoms with Gasteiger partial charge >= 0.3 is 0 Å². The molecule has 1 aliphatic heterocycles. The molecule has 8 heteroatoms. The number of sulfonamides is 1. The van der Waals surface area contributed by atoms with Gasteiger partial charge in [0.15, 0.2) is 5.78 Å². The summed E-state index contributed by atoms with van der Waals surface area (Å²) in [5.41, 5.74) is 1.99. The maximum atomic E-state index is 12.5. The number of aryl methyl sites for hydroxylation is 1. The maximum absolute atomic E-state index is 12.5. The molecule has 0 aliphatic carbocycles. The van der Waals surface area contributed by atoms with E-state index in [2.05, 4.69) is 4.98 Å². The van der Waals surface area contributed by atoms with Crippen LogP contribution in [0.4, 0.5) is 5.69 Å². The van der Waals surface area contributed by atoms with Crippen LogP contribution in [0, 0.1) is 11.3 Å². The lowest BCUT2D eigenvalue weighted by Gasteiger charge is -2.29. The zero-order valence-electron chi connectivity index (χ0n) is 13.1. The molecule has 0 bridgehead atoms. The van der Waals surface area contributed by atoms with Gasteiger partial charge in [-0.25, -0.2) is 13.4 Å². The van der Waals surface area contributed by atoms with Crippen molar-refractivity contribution in [3.05, 3.63) is 47.5 Å². The van der Waals surface area contributed by atoms with Crippen LogP contribution in [-0.4, -0.2) is 36.6 Å². The number of nitrogens with zero attached hydrogens (tertiary/aromatic N) is 4. The molecule has 0 unspecified atom stereocenters. The highest BCUT2D eigenvalue weighted by molar-refractivity contribution is 7.92. The van der Waals surface area contributed by atoms with Gasteiger partial charge < -0.3 is 4.57 Å². The van der Waals surface area contributed by atoms with E-state index in [-0.39, 0.29) is 18.2 Å². The molecule has 0 saturated heterocycles. The first kappa shape index (κ1) is 16.2. The second kappa shape index (κ2) is 6.09. The van der Waals surface area contributed by atoms with Gasteiger partial charge in [-0.1, -0.05) is 0 Å². The summed E-state index contributed by atoms with van der Waals surface area (Å²) in [4.78, 5) is 16.3. The minimum absolute atomic E-state index is 0.0253. The predicted octanol–water partition coefficient (Wildman–Crippen LogP) is 1.35. The Morgan fingerprint density at radius 3 is 2.92 bits per heavy atom. The van der Waals surface area contributed by atoms with E-state index in [0.717, 1.165) is 18.4 Å². The summed E-state index contributed by atoms with van der Waals surface area (Å²) >= 11 is 0. The van der Waals surface area contributed by atoms with Crippen molar-refractivity contribution in [1.82, 2.24) is 9.55 Å². The number of nitriles is 1. The first-order chi connectivity index (χ1) is 11.4. The van der Waals surface area contributed by atoms with Gasteiger partial charge in [-0.3, -0.25) is 9.10 Å². The number of hydrogen-bond acceptors (Lipinski definition) is 5. The highest BCUT2D eigenvalue weighted by atomic mass is 32.2. The third-order valence-electron chi connectivity index (χ3n) is 4.01. The number of ketones is 1. The first-order valence-electron chi connectivity index (χ1n) is 7.45. The van der Waals surface area contributed by atoms with Crippen molar-refractivity contribution in [2.45, 2.75) is 19.4 Å². The summed E-state index contributed by atoms with van der Waals surface area (Å²) in [7, 11) is -3.32. The summed E-state index contributed by atoms with van der Waals surface area (Å²) in [5.74, 6) is 0.0355. The summed E-state index contributed by atoms with van der Waals surface area (Å²) < 4.78 is 26.6. The van der Waals surface area contributed by atoms with Crippen LogP contribution in [0.1, 0.15) is 28.2 Å². The zero-order valence-corrected chi connectivity index (χ0v) is 14.0. The van der Waals surface area contributed by atoms with E-state index < -0.39 is 10.0 Å². The highest BCUT2D eigenvalue weighted by Crippen LogP contribution is 2.30. The smallest absolute Gasteiger partial charge is 0.232 e.